The number of fused-ring (bicyclic) bond motifs is 1. The molecule has 1 N–H and O–H groups in total. The number of hydrogen-bond donors (Lipinski definition) is 1. The number of nitrogens with one attached hydrogen (secondary N) is 1. The Morgan fingerprint density at radius 3 is 2.48 bits per heavy atom. The average molecular weight is 455 g/mol. The maximum atomic E-state index is 13.2. The Hall–Kier alpha value is -3.68. The van der Waals surface area contributed by atoms with Crippen LogP contribution in [-0.4, -0.2) is 19.1 Å². The van der Waals surface area contributed by atoms with Gasteiger partial charge in [-0.3, -0.25) is 4.79 Å². The van der Waals surface area contributed by atoms with Gasteiger partial charge in [0.15, 0.2) is 11.5 Å². The van der Waals surface area contributed by atoms with Crippen LogP contribution in [-0.2, 0) is 10.2 Å². The summed E-state index contributed by atoms with van der Waals surface area (Å²) in [4.78, 5) is 13.2. The minimum atomic E-state index is -4.81. The zero-order valence-corrected chi connectivity index (χ0v) is 17.7. The molecule has 0 radical (unpaired) electrons. The summed E-state index contributed by atoms with van der Waals surface area (Å²) >= 11 is 0. The summed E-state index contributed by atoms with van der Waals surface area (Å²) in [6.07, 6.45) is -3.42. The van der Waals surface area contributed by atoms with E-state index in [-0.39, 0.29) is 18.4 Å². The van der Waals surface area contributed by atoms with Gasteiger partial charge in [0, 0.05) is 11.3 Å². The molecule has 33 heavy (non-hydrogen) atoms. The molecule has 0 spiro atoms. The van der Waals surface area contributed by atoms with E-state index in [1.807, 2.05) is 12.1 Å². The summed E-state index contributed by atoms with van der Waals surface area (Å²) in [6, 6.07) is 16.6. The van der Waals surface area contributed by atoms with Crippen LogP contribution in [0.3, 0.4) is 0 Å². The fourth-order valence-corrected chi connectivity index (χ4v) is 4.11. The minimum Gasteiger partial charge on any atom is -0.454 e. The fraction of sp³-hybridized carbons (Fsp3) is 0.240. The van der Waals surface area contributed by atoms with Gasteiger partial charge in [-0.1, -0.05) is 30.3 Å². The number of aryl methyl sites for hydroxylation is 1. The van der Waals surface area contributed by atoms with Crippen molar-refractivity contribution >= 4 is 11.6 Å². The molecular weight excluding hydrogens is 435 g/mol. The standard InChI is InChI=1S/C25H20F3NO4/c1-15-6-8-17(13-19(15)18-4-2-3-5-20(18)33-25(26,27)28)29-23(30)24(10-11-24)16-7-9-21-22(12-16)32-14-31-21/h2-9,12-13H,10-11,14H2,1H3,(H,29,30). The van der Waals surface area contributed by atoms with Crippen LogP contribution in [0.1, 0.15) is 24.0 Å². The molecule has 2 aliphatic rings. The highest BCUT2D eigenvalue weighted by Crippen LogP contribution is 2.51. The van der Waals surface area contributed by atoms with E-state index in [0.29, 0.717) is 41.2 Å². The largest absolute Gasteiger partial charge is 0.573 e. The molecule has 8 heteroatoms. The Bertz CT molecular complexity index is 1230. The van der Waals surface area contributed by atoms with Gasteiger partial charge in [0.25, 0.3) is 0 Å². The zero-order chi connectivity index (χ0) is 23.2. The van der Waals surface area contributed by atoms with Crippen molar-refractivity contribution in [2.75, 3.05) is 12.1 Å². The number of para-hydroxylation sites is 1. The first-order valence-electron chi connectivity index (χ1n) is 10.4. The summed E-state index contributed by atoms with van der Waals surface area (Å²) in [7, 11) is 0. The number of alkyl halides is 3. The summed E-state index contributed by atoms with van der Waals surface area (Å²) in [6.45, 7) is 1.95. The molecule has 0 bridgehead atoms. The Balaban J connectivity index is 1.42. The Kier molecular flexibility index (Phi) is 4.96. The van der Waals surface area contributed by atoms with Crippen molar-refractivity contribution in [3.05, 3.63) is 71.8 Å². The highest BCUT2D eigenvalue weighted by molar-refractivity contribution is 6.02. The van der Waals surface area contributed by atoms with Crippen LogP contribution in [0.15, 0.2) is 60.7 Å². The molecule has 5 rings (SSSR count). The number of hydrogen-bond acceptors (Lipinski definition) is 4. The highest BCUT2D eigenvalue weighted by atomic mass is 19.4. The predicted octanol–water partition coefficient (Wildman–Crippen LogP) is 5.96. The third-order valence-electron chi connectivity index (χ3n) is 6.01. The number of anilines is 1. The van der Waals surface area contributed by atoms with Crippen molar-refractivity contribution in [1.82, 2.24) is 0 Å². The molecule has 170 valence electrons. The molecule has 1 amide bonds. The highest BCUT2D eigenvalue weighted by Gasteiger charge is 2.51. The van der Waals surface area contributed by atoms with Gasteiger partial charge in [-0.15, -0.1) is 13.2 Å². The van der Waals surface area contributed by atoms with Gasteiger partial charge in [0.2, 0.25) is 12.7 Å². The number of benzene rings is 3. The second kappa shape index (κ2) is 7.72. The Morgan fingerprint density at radius 2 is 1.73 bits per heavy atom. The number of rotatable bonds is 5. The van der Waals surface area contributed by atoms with Gasteiger partial charge < -0.3 is 19.5 Å². The van der Waals surface area contributed by atoms with Crippen LogP contribution in [0.4, 0.5) is 18.9 Å². The SMILES string of the molecule is Cc1ccc(NC(=O)C2(c3ccc4c(c3)OCO4)CC2)cc1-c1ccccc1OC(F)(F)F. The van der Waals surface area contributed by atoms with Crippen LogP contribution >= 0.6 is 0 Å². The monoisotopic (exact) mass is 455 g/mol. The molecule has 1 aliphatic heterocycles. The normalized spacial score (nSPS) is 15.8. The first kappa shape index (κ1) is 21.2. The molecule has 0 aromatic heterocycles. The van der Waals surface area contributed by atoms with E-state index in [1.54, 1.807) is 43.3 Å². The van der Waals surface area contributed by atoms with E-state index in [2.05, 4.69) is 10.1 Å². The Labute approximate surface area is 188 Å². The molecule has 1 aliphatic carbocycles. The lowest BCUT2D eigenvalue weighted by molar-refractivity contribution is -0.274. The van der Waals surface area contributed by atoms with Crippen LogP contribution in [0.2, 0.25) is 0 Å². The number of ether oxygens (including phenoxy) is 3. The summed E-state index contributed by atoms with van der Waals surface area (Å²) in [5.41, 5.74) is 2.27. The second-order valence-corrected chi connectivity index (χ2v) is 8.18. The maximum absolute atomic E-state index is 13.2. The number of carbonyl (C=O) groups excluding carboxylic acids is 1. The van der Waals surface area contributed by atoms with Crippen molar-refractivity contribution in [2.24, 2.45) is 0 Å². The number of carbonyl (C=O) groups is 1. The second-order valence-electron chi connectivity index (χ2n) is 8.18. The molecule has 0 atom stereocenters. The van der Waals surface area contributed by atoms with Crippen molar-refractivity contribution in [2.45, 2.75) is 31.5 Å². The van der Waals surface area contributed by atoms with Gasteiger partial charge in [0.1, 0.15) is 5.75 Å². The summed E-state index contributed by atoms with van der Waals surface area (Å²) < 4.78 is 53.6. The smallest absolute Gasteiger partial charge is 0.454 e. The molecule has 1 fully saturated rings. The molecule has 3 aromatic rings. The zero-order valence-electron chi connectivity index (χ0n) is 17.7. The van der Waals surface area contributed by atoms with Gasteiger partial charge in [-0.05, 0) is 66.8 Å². The van der Waals surface area contributed by atoms with E-state index in [0.717, 1.165) is 11.1 Å². The lowest BCUT2D eigenvalue weighted by Crippen LogP contribution is -2.27. The summed E-state index contributed by atoms with van der Waals surface area (Å²) in [5, 5.41) is 2.94. The van der Waals surface area contributed by atoms with E-state index < -0.39 is 11.8 Å². The van der Waals surface area contributed by atoms with E-state index in [1.165, 1.54) is 12.1 Å². The molecule has 1 heterocycles. The van der Waals surface area contributed by atoms with Crippen LogP contribution in [0.5, 0.6) is 17.2 Å². The van der Waals surface area contributed by atoms with E-state index in [9.17, 15) is 18.0 Å². The lowest BCUT2D eigenvalue weighted by atomic mass is 9.94. The third-order valence-corrected chi connectivity index (χ3v) is 6.01. The molecular formula is C25H20F3NO4. The van der Waals surface area contributed by atoms with E-state index in [4.69, 9.17) is 9.47 Å². The van der Waals surface area contributed by atoms with Crippen LogP contribution in [0.25, 0.3) is 11.1 Å². The van der Waals surface area contributed by atoms with Crippen LogP contribution < -0.4 is 19.5 Å². The van der Waals surface area contributed by atoms with Gasteiger partial charge >= 0.3 is 6.36 Å². The van der Waals surface area contributed by atoms with Crippen LogP contribution in [0, 0.1) is 6.92 Å². The quantitative estimate of drug-likeness (QED) is 0.516. The van der Waals surface area contributed by atoms with Crippen molar-refractivity contribution in [3.63, 3.8) is 0 Å². The average Bonchev–Trinajstić information content (AvgIpc) is 3.45. The van der Waals surface area contributed by atoms with Gasteiger partial charge in [0.05, 0.1) is 5.41 Å². The van der Waals surface area contributed by atoms with Crippen molar-refractivity contribution in [3.8, 4) is 28.4 Å². The number of amides is 1. The molecule has 5 nitrogen and oxygen atoms in total. The molecule has 0 unspecified atom stereocenters. The Morgan fingerprint density at radius 1 is 0.970 bits per heavy atom. The third kappa shape index (κ3) is 4.08. The molecule has 1 saturated carbocycles. The molecule has 3 aromatic carbocycles. The first-order chi connectivity index (χ1) is 15.7. The first-order valence-corrected chi connectivity index (χ1v) is 10.4. The minimum absolute atomic E-state index is 0.156. The predicted molar refractivity (Wildman–Crippen MR) is 115 cm³/mol. The maximum Gasteiger partial charge on any atom is 0.573 e. The fourth-order valence-electron chi connectivity index (χ4n) is 4.11. The van der Waals surface area contributed by atoms with Crippen molar-refractivity contribution in [1.29, 1.82) is 0 Å². The topological polar surface area (TPSA) is 56.8 Å². The van der Waals surface area contributed by atoms with Gasteiger partial charge in [-0.2, -0.15) is 0 Å². The lowest BCUT2D eigenvalue weighted by Gasteiger charge is -2.18. The summed E-state index contributed by atoms with van der Waals surface area (Å²) in [5.74, 6) is 0.801. The van der Waals surface area contributed by atoms with Crippen molar-refractivity contribution < 1.29 is 32.2 Å². The van der Waals surface area contributed by atoms with Gasteiger partial charge in [-0.25, -0.2) is 0 Å². The molecule has 0 saturated heterocycles. The van der Waals surface area contributed by atoms with E-state index >= 15 is 0 Å². The number of halogens is 3.